The van der Waals surface area contributed by atoms with Gasteiger partial charge in [-0.15, -0.1) is 0 Å². The third-order valence-electron chi connectivity index (χ3n) is 1.15. The van der Waals surface area contributed by atoms with Crippen molar-refractivity contribution in [2.45, 2.75) is 32.7 Å². The Labute approximate surface area is 49.8 Å². The van der Waals surface area contributed by atoms with E-state index in [0.29, 0.717) is 6.61 Å². The predicted molar refractivity (Wildman–Crippen MR) is 30.6 cm³/mol. The van der Waals surface area contributed by atoms with Gasteiger partial charge in [0.2, 0.25) is 0 Å². The predicted octanol–water partition coefficient (Wildman–Crippen LogP) is 1.16. The molecule has 1 heterocycles. The minimum Gasteiger partial charge on any atom is -0.350 e. The second-order valence-corrected chi connectivity index (χ2v) is 2.76. The fourth-order valence-electron chi connectivity index (χ4n) is 0.835. The number of hydrogen-bond donors (Lipinski definition) is 0. The molecule has 8 heavy (non-hydrogen) atoms. The van der Waals surface area contributed by atoms with E-state index in [1.807, 2.05) is 20.8 Å². The molecule has 0 amide bonds. The Hall–Kier alpha value is -0.0800. The molecule has 1 rings (SSSR count). The quantitative estimate of drug-likeness (QED) is 0.472. The van der Waals surface area contributed by atoms with Crippen molar-refractivity contribution in [1.82, 2.24) is 0 Å². The molecule has 0 aromatic carbocycles. The van der Waals surface area contributed by atoms with Gasteiger partial charge < -0.3 is 9.47 Å². The van der Waals surface area contributed by atoms with Crippen LogP contribution in [-0.2, 0) is 9.47 Å². The van der Waals surface area contributed by atoms with Crippen LogP contribution in [0.4, 0.5) is 0 Å². The van der Waals surface area contributed by atoms with Crippen LogP contribution in [0.25, 0.3) is 0 Å². The van der Waals surface area contributed by atoms with Crippen molar-refractivity contribution < 1.29 is 9.47 Å². The van der Waals surface area contributed by atoms with Gasteiger partial charge >= 0.3 is 0 Å². The molecule has 1 aliphatic rings. The molecule has 0 N–H and O–H groups in total. The maximum atomic E-state index is 5.33. The monoisotopic (exact) mass is 116 g/mol. The van der Waals surface area contributed by atoms with Gasteiger partial charge in [-0.25, -0.2) is 0 Å². The van der Waals surface area contributed by atoms with Crippen molar-refractivity contribution in [2.24, 2.45) is 0 Å². The molecular weight excluding hydrogens is 104 g/mol. The Balaban J connectivity index is 2.44. The molecule has 2 heteroatoms. The molecule has 0 aromatic heterocycles. The van der Waals surface area contributed by atoms with E-state index in [1.54, 1.807) is 0 Å². The fourth-order valence-corrected chi connectivity index (χ4v) is 0.835. The van der Waals surface area contributed by atoms with Crippen LogP contribution < -0.4 is 0 Å². The van der Waals surface area contributed by atoms with Crippen LogP contribution in [0.3, 0.4) is 0 Å². The van der Waals surface area contributed by atoms with Crippen LogP contribution in [-0.4, -0.2) is 18.5 Å². The lowest BCUT2D eigenvalue weighted by Gasteiger charge is -2.13. The van der Waals surface area contributed by atoms with Gasteiger partial charge in [-0.05, 0) is 20.8 Å². The van der Waals surface area contributed by atoms with E-state index in [1.165, 1.54) is 0 Å². The first-order valence-electron chi connectivity index (χ1n) is 2.90. The fraction of sp³-hybridized carbons (Fsp3) is 1.00. The van der Waals surface area contributed by atoms with Gasteiger partial charge in [0, 0.05) is 0 Å². The number of rotatable bonds is 0. The van der Waals surface area contributed by atoms with Gasteiger partial charge in [0.25, 0.3) is 0 Å². The zero-order valence-electron chi connectivity index (χ0n) is 5.60. The molecule has 48 valence electrons. The molecule has 0 saturated carbocycles. The van der Waals surface area contributed by atoms with E-state index < -0.39 is 0 Å². The molecule has 0 spiro atoms. The number of ether oxygens (including phenoxy) is 2. The van der Waals surface area contributed by atoms with Crippen molar-refractivity contribution in [3.05, 3.63) is 0 Å². The Morgan fingerprint density at radius 2 is 2.12 bits per heavy atom. The van der Waals surface area contributed by atoms with E-state index in [9.17, 15) is 0 Å². The van der Waals surface area contributed by atoms with E-state index in [4.69, 9.17) is 9.47 Å². The van der Waals surface area contributed by atoms with Crippen LogP contribution >= 0.6 is 0 Å². The highest BCUT2D eigenvalue weighted by Crippen LogP contribution is 2.20. The second-order valence-electron chi connectivity index (χ2n) is 2.76. The minimum atomic E-state index is -0.0561. The number of hydrogen-bond acceptors (Lipinski definition) is 2. The van der Waals surface area contributed by atoms with E-state index in [0.717, 1.165) is 0 Å². The maximum Gasteiger partial charge on any atom is 0.155 e. The van der Waals surface area contributed by atoms with E-state index in [-0.39, 0.29) is 11.9 Å². The lowest BCUT2D eigenvalue weighted by Crippen LogP contribution is -2.22. The van der Waals surface area contributed by atoms with Gasteiger partial charge in [-0.1, -0.05) is 0 Å². The van der Waals surface area contributed by atoms with Gasteiger partial charge in [-0.3, -0.25) is 0 Å². The van der Waals surface area contributed by atoms with Gasteiger partial charge in [0.1, 0.15) is 0 Å². The SMILES string of the molecule is CC1OCC(C)(C)O1. The van der Waals surface area contributed by atoms with Crippen LogP contribution in [0.1, 0.15) is 20.8 Å². The first-order valence-corrected chi connectivity index (χ1v) is 2.90. The van der Waals surface area contributed by atoms with Gasteiger partial charge in [0.05, 0.1) is 12.2 Å². The Kier molecular flexibility index (Phi) is 1.29. The molecule has 1 fully saturated rings. The van der Waals surface area contributed by atoms with E-state index in [2.05, 4.69) is 0 Å². The smallest absolute Gasteiger partial charge is 0.155 e. The molecule has 0 bridgehead atoms. The molecule has 1 saturated heterocycles. The molecule has 0 radical (unpaired) electrons. The molecule has 1 aliphatic heterocycles. The first-order chi connectivity index (χ1) is 3.60. The van der Waals surface area contributed by atoms with Gasteiger partial charge in [-0.2, -0.15) is 0 Å². The van der Waals surface area contributed by atoms with Crippen LogP contribution in [0.2, 0.25) is 0 Å². The largest absolute Gasteiger partial charge is 0.350 e. The normalized spacial score (nSPS) is 35.6. The van der Waals surface area contributed by atoms with Crippen molar-refractivity contribution in [2.75, 3.05) is 6.61 Å². The Morgan fingerprint density at radius 1 is 1.50 bits per heavy atom. The molecular formula is C6H12O2. The summed E-state index contributed by atoms with van der Waals surface area (Å²) >= 11 is 0. The zero-order valence-corrected chi connectivity index (χ0v) is 5.60. The molecule has 2 nitrogen and oxygen atoms in total. The maximum absolute atomic E-state index is 5.33. The van der Waals surface area contributed by atoms with Crippen molar-refractivity contribution in [3.63, 3.8) is 0 Å². The second kappa shape index (κ2) is 1.71. The summed E-state index contributed by atoms with van der Waals surface area (Å²) in [6, 6.07) is 0. The van der Waals surface area contributed by atoms with E-state index >= 15 is 0 Å². The standard InChI is InChI=1S/C6H12O2/c1-5-7-4-6(2,3)8-5/h5H,4H2,1-3H3. The summed E-state index contributed by atoms with van der Waals surface area (Å²) in [5.74, 6) is 0. The highest BCUT2D eigenvalue weighted by atomic mass is 16.7. The van der Waals surface area contributed by atoms with Crippen molar-refractivity contribution in [3.8, 4) is 0 Å². The Morgan fingerprint density at radius 3 is 2.25 bits per heavy atom. The van der Waals surface area contributed by atoms with Crippen molar-refractivity contribution >= 4 is 0 Å². The average molecular weight is 116 g/mol. The highest BCUT2D eigenvalue weighted by molar-refractivity contribution is 4.72. The van der Waals surface area contributed by atoms with Gasteiger partial charge in [0.15, 0.2) is 6.29 Å². The van der Waals surface area contributed by atoms with Crippen LogP contribution in [0.5, 0.6) is 0 Å². The topological polar surface area (TPSA) is 18.5 Å². The summed E-state index contributed by atoms with van der Waals surface area (Å²) in [7, 11) is 0. The lowest BCUT2D eigenvalue weighted by atomic mass is 10.2. The first kappa shape index (κ1) is 6.05. The minimum absolute atomic E-state index is 0.00926. The summed E-state index contributed by atoms with van der Waals surface area (Å²) in [5, 5.41) is 0. The summed E-state index contributed by atoms with van der Waals surface area (Å²) in [5.41, 5.74) is -0.0561. The molecule has 1 atom stereocenters. The van der Waals surface area contributed by atoms with Crippen LogP contribution in [0.15, 0.2) is 0 Å². The third kappa shape index (κ3) is 1.20. The highest BCUT2D eigenvalue weighted by Gasteiger charge is 2.29. The summed E-state index contributed by atoms with van der Waals surface area (Å²) in [4.78, 5) is 0. The molecule has 0 aliphatic carbocycles. The molecule has 0 aromatic rings. The third-order valence-corrected chi connectivity index (χ3v) is 1.15. The molecule has 1 unspecified atom stereocenters. The Bertz CT molecular complexity index is 88.5. The lowest BCUT2D eigenvalue weighted by molar-refractivity contribution is -0.0644. The summed E-state index contributed by atoms with van der Waals surface area (Å²) in [6.45, 7) is 6.68. The van der Waals surface area contributed by atoms with Crippen LogP contribution in [0, 0.1) is 0 Å². The zero-order chi connectivity index (χ0) is 6.20. The van der Waals surface area contributed by atoms with Crippen molar-refractivity contribution in [1.29, 1.82) is 0 Å². The summed E-state index contributed by atoms with van der Waals surface area (Å²) < 4.78 is 10.5. The average Bonchev–Trinajstić information content (AvgIpc) is 1.82. The summed E-state index contributed by atoms with van der Waals surface area (Å²) in [6.07, 6.45) is -0.00926.